The zero-order valence-electron chi connectivity index (χ0n) is 19.6. The number of hydrogen-bond acceptors (Lipinski definition) is 6. The lowest BCUT2D eigenvalue weighted by Gasteiger charge is -2.50. The topological polar surface area (TPSA) is 88.2 Å². The van der Waals surface area contributed by atoms with Gasteiger partial charge < -0.3 is 14.4 Å². The van der Waals surface area contributed by atoms with E-state index in [-0.39, 0.29) is 30.2 Å². The molecule has 5 aliphatic rings. The van der Waals surface area contributed by atoms with Crippen LogP contribution < -0.4 is 10.1 Å². The number of carbonyl (C=O) groups excluding carboxylic acids is 3. The Kier molecular flexibility index (Phi) is 5.60. The van der Waals surface area contributed by atoms with Crippen molar-refractivity contribution in [3.63, 3.8) is 0 Å². The molecule has 1 aliphatic carbocycles. The monoisotopic (exact) mass is 467 g/mol. The maximum absolute atomic E-state index is 13.0. The van der Waals surface area contributed by atoms with E-state index in [0.29, 0.717) is 30.0 Å². The van der Waals surface area contributed by atoms with Gasteiger partial charge in [-0.25, -0.2) is 0 Å². The minimum atomic E-state index is -0.590. The lowest BCUT2D eigenvalue weighted by atomic mass is 9.76. The van der Waals surface area contributed by atoms with Crippen molar-refractivity contribution in [2.75, 3.05) is 26.3 Å². The summed E-state index contributed by atoms with van der Waals surface area (Å²) in [5, 5.41) is 2.36. The van der Waals surface area contributed by atoms with Crippen molar-refractivity contribution in [1.82, 2.24) is 15.1 Å². The molecule has 34 heavy (non-hydrogen) atoms. The molecule has 4 heterocycles. The van der Waals surface area contributed by atoms with Crippen molar-refractivity contribution in [2.24, 2.45) is 5.41 Å². The number of carbonyl (C=O) groups is 3. The molecule has 1 saturated carbocycles. The molecule has 1 N–H and O–H groups in total. The number of nitrogens with one attached hydrogen (secondary N) is 1. The summed E-state index contributed by atoms with van der Waals surface area (Å²) in [7, 11) is 0. The van der Waals surface area contributed by atoms with E-state index in [9.17, 15) is 14.4 Å². The van der Waals surface area contributed by atoms with E-state index in [4.69, 9.17) is 9.47 Å². The van der Waals surface area contributed by atoms with Crippen LogP contribution in [0.1, 0.15) is 67.3 Å². The van der Waals surface area contributed by atoms with E-state index in [0.717, 1.165) is 44.0 Å². The fourth-order valence-corrected chi connectivity index (χ4v) is 6.44. The second kappa shape index (κ2) is 8.64. The van der Waals surface area contributed by atoms with Crippen LogP contribution in [0.25, 0.3) is 0 Å². The minimum absolute atomic E-state index is 0.145. The third kappa shape index (κ3) is 3.90. The number of ether oxygens (including phenoxy) is 2. The van der Waals surface area contributed by atoms with Gasteiger partial charge in [0.25, 0.3) is 5.91 Å². The number of imide groups is 1. The Bertz CT molecular complexity index is 996. The third-order valence-corrected chi connectivity index (χ3v) is 8.59. The average molecular weight is 468 g/mol. The molecule has 3 atom stereocenters. The molecular formula is C26H33N3O5. The largest absolute Gasteiger partial charge is 0.489 e. The highest BCUT2D eigenvalue weighted by Crippen LogP contribution is 2.40. The highest BCUT2D eigenvalue weighted by Gasteiger charge is 2.44. The number of amides is 3. The summed E-state index contributed by atoms with van der Waals surface area (Å²) in [5.41, 5.74) is 1.95. The minimum Gasteiger partial charge on any atom is -0.489 e. The molecule has 6 rings (SSSR count). The Morgan fingerprint density at radius 1 is 1.03 bits per heavy atom. The van der Waals surface area contributed by atoms with Crippen LogP contribution in [0, 0.1) is 5.41 Å². The Balaban J connectivity index is 1.13. The van der Waals surface area contributed by atoms with Crippen LogP contribution in [0.3, 0.4) is 0 Å². The van der Waals surface area contributed by atoms with Gasteiger partial charge in [0.15, 0.2) is 0 Å². The molecule has 0 bridgehead atoms. The number of piperidine rings is 2. The third-order valence-electron chi connectivity index (χ3n) is 8.59. The Morgan fingerprint density at radius 3 is 2.56 bits per heavy atom. The number of rotatable bonds is 4. The number of hydrogen-bond donors (Lipinski definition) is 1. The standard InChI is InChI=1S/C26H33N3O5/c30-23-8-7-21(24(31)27-23)29-14-17-13-18(5-6-19(17)25(29)32)34-22-4-2-1-3-20(22)28-11-9-26(10-12-28)15-33-16-26/h5-6,13,20-22H,1-4,7-12,14-16H2,(H,27,30,31)/t20-,21?,22-/m0/s1. The highest BCUT2D eigenvalue weighted by molar-refractivity contribution is 6.05. The van der Waals surface area contributed by atoms with Crippen LogP contribution in [0.5, 0.6) is 5.75 Å². The van der Waals surface area contributed by atoms with Crippen molar-refractivity contribution >= 4 is 17.7 Å². The summed E-state index contributed by atoms with van der Waals surface area (Å²) < 4.78 is 12.1. The summed E-state index contributed by atoms with van der Waals surface area (Å²) >= 11 is 0. The van der Waals surface area contributed by atoms with Crippen LogP contribution in [0.4, 0.5) is 0 Å². The summed E-state index contributed by atoms with van der Waals surface area (Å²) in [6.07, 6.45) is 7.87. The first-order valence-electron chi connectivity index (χ1n) is 12.8. The summed E-state index contributed by atoms with van der Waals surface area (Å²) in [6, 6.07) is 5.54. The van der Waals surface area contributed by atoms with Gasteiger partial charge in [-0.05, 0) is 75.4 Å². The molecule has 1 spiro atoms. The van der Waals surface area contributed by atoms with Crippen molar-refractivity contribution < 1.29 is 23.9 Å². The van der Waals surface area contributed by atoms with E-state index in [1.165, 1.54) is 32.1 Å². The first-order chi connectivity index (χ1) is 16.5. The number of benzene rings is 1. The second-order valence-electron chi connectivity index (χ2n) is 10.8. The number of nitrogens with zero attached hydrogens (tertiary/aromatic N) is 2. The van der Waals surface area contributed by atoms with Crippen LogP contribution in [0.2, 0.25) is 0 Å². The zero-order chi connectivity index (χ0) is 23.3. The van der Waals surface area contributed by atoms with Crippen LogP contribution >= 0.6 is 0 Å². The summed E-state index contributed by atoms with van der Waals surface area (Å²) in [4.78, 5) is 41.0. The maximum Gasteiger partial charge on any atom is 0.255 e. The Labute approximate surface area is 199 Å². The zero-order valence-corrected chi connectivity index (χ0v) is 19.6. The summed E-state index contributed by atoms with van der Waals surface area (Å²) in [6.45, 7) is 4.47. The highest BCUT2D eigenvalue weighted by atomic mass is 16.5. The van der Waals surface area contributed by atoms with E-state index >= 15 is 0 Å². The fourth-order valence-electron chi connectivity index (χ4n) is 6.44. The molecule has 3 amide bonds. The Morgan fingerprint density at radius 2 is 1.82 bits per heavy atom. The molecular weight excluding hydrogens is 434 g/mol. The van der Waals surface area contributed by atoms with Crippen LogP contribution in [-0.4, -0.2) is 72.0 Å². The average Bonchev–Trinajstić information content (AvgIpc) is 3.14. The molecule has 8 nitrogen and oxygen atoms in total. The lowest BCUT2D eigenvalue weighted by molar-refractivity contribution is -0.146. The van der Waals surface area contributed by atoms with Gasteiger partial charge >= 0.3 is 0 Å². The lowest BCUT2D eigenvalue weighted by Crippen LogP contribution is -2.56. The fraction of sp³-hybridized carbons (Fsp3) is 0.654. The molecule has 1 aromatic carbocycles. The van der Waals surface area contributed by atoms with Gasteiger partial charge in [-0.3, -0.25) is 24.6 Å². The molecule has 0 aromatic heterocycles. The molecule has 1 aromatic rings. The van der Waals surface area contributed by atoms with Crippen molar-refractivity contribution in [3.05, 3.63) is 29.3 Å². The van der Waals surface area contributed by atoms with E-state index in [1.807, 2.05) is 18.2 Å². The van der Waals surface area contributed by atoms with Gasteiger partial charge in [0, 0.05) is 30.0 Å². The predicted molar refractivity (Wildman–Crippen MR) is 123 cm³/mol. The van der Waals surface area contributed by atoms with Gasteiger partial charge in [0.2, 0.25) is 11.8 Å². The van der Waals surface area contributed by atoms with Gasteiger partial charge in [-0.1, -0.05) is 6.42 Å². The quantitative estimate of drug-likeness (QED) is 0.684. The van der Waals surface area contributed by atoms with Gasteiger partial charge in [-0.15, -0.1) is 0 Å². The van der Waals surface area contributed by atoms with Crippen molar-refractivity contribution in [1.29, 1.82) is 0 Å². The normalized spacial score (nSPS) is 31.2. The van der Waals surface area contributed by atoms with E-state index < -0.39 is 6.04 Å². The van der Waals surface area contributed by atoms with Gasteiger partial charge in [0.05, 0.1) is 13.2 Å². The molecule has 4 aliphatic heterocycles. The molecule has 4 fully saturated rings. The smallest absolute Gasteiger partial charge is 0.255 e. The summed E-state index contributed by atoms with van der Waals surface area (Å²) in [5.74, 6) is 0.00647. The molecule has 8 heteroatoms. The van der Waals surface area contributed by atoms with Crippen molar-refractivity contribution in [3.8, 4) is 5.75 Å². The first kappa shape index (κ1) is 22.0. The van der Waals surface area contributed by atoms with Crippen LogP contribution in [-0.2, 0) is 20.9 Å². The van der Waals surface area contributed by atoms with Crippen LogP contribution in [0.15, 0.2) is 18.2 Å². The number of fused-ring (bicyclic) bond motifs is 1. The second-order valence-corrected chi connectivity index (χ2v) is 10.8. The predicted octanol–water partition coefficient (Wildman–Crippen LogP) is 2.25. The number of likely N-dealkylation sites (tertiary alicyclic amines) is 1. The molecule has 182 valence electrons. The maximum atomic E-state index is 13.0. The molecule has 1 unspecified atom stereocenters. The van der Waals surface area contributed by atoms with Crippen molar-refractivity contribution in [2.45, 2.75) is 76.1 Å². The van der Waals surface area contributed by atoms with Gasteiger partial charge in [0.1, 0.15) is 17.9 Å². The van der Waals surface area contributed by atoms with Gasteiger partial charge in [-0.2, -0.15) is 0 Å². The SMILES string of the molecule is O=C1CCC(N2Cc3cc(O[C@H]4CCCC[C@@H]4N4CCC5(CC4)COC5)ccc3C2=O)C(=O)N1. The molecule has 0 radical (unpaired) electrons. The van der Waals surface area contributed by atoms with E-state index in [1.54, 1.807) is 4.90 Å². The first-order valence-corrected chi connectivity index (χ1v) is 12.8. The molecule has 3 saturated heterocycles. The van der Waals surface area contributed by atoms with E-state index in [2.05, 4.69) is 10.2 Å². The Hall–Kier alpha value is -2.45.